The largest absolute Gasteiger partial charge is 0.456 e. The summed E-state index contributed by atoms with van der Waals surface area (Å²) in [6, 6.07) is 19.7. The maximum Gasteiger partial charge on any atom is 0.136 e. The van der Waals surface area contributed by atoms with Crippen LogP contribution in [0.4, 0.5) is 0 Å². The molecule has 124 valence electrons. The summed E-state index contributed by atoms with van der Waals surface area (Å²) in [6.45, 7) is 2.23. The predicted octanol–water partition coefficient (Wildman–Crippen LogP) is 6.57. The predicted molar refractivity (Wildman–Crippen MR) is 106 cm³/mol. The number of hydrogen-bond donors (Lipinski definition) is 0. The number of unbranched alkanes of at least 4 members (excludes halogenated alkanes) is 1. The summed E-state index contributed by atoms with van der Waals surface area (Å²) in [6.07, 6.45) is 3.56. The van der Waals surface area contributed by atoms with Crippen LogP contribution in [0.5, 0.6) is 0 Å². The number of rotatable bonds is 3. The second kappa shape index (κ2) is 5.38. The summed E-state index contributed by atoms with van der Waals surface area (Å²) in [5.41, 5.74) is 5.86. The Bertz CT molecular complexity index is 1240. The molecule has 2 aromatic heterocycles. The van der Waals surface area contributed by atoms with Gasteiger partial charge in [-0.3, -0.25) is 0 Å². The van der Waals surface area contributed by atoms with Gasteiger partial charge < -0.3 is 8.98 Å². The smallest absolute Gasteiger partial charge is 0.136 e. The van der Waals surface area contributed by atoms with Crippen LogP contribution in [-0.4, -0.2) is 4.57 Å². The average Bonchev–Trinajstić information content (AvgIpc) is 3.14. The van der Waals surface area contributed by atoms with Gasteiger partial charge in [0.1, 0.15) is 11.2 Å². The number of fused-ring (bicyclic) bond motifs is 6. The van der Waals surface area contributed by atoms with Crippen LogP contribution < -0.4 is 0 Å². The van der Waals surface area contributed by atoms with Crippen LogP contribution in [0.1, 0.15) is 25.3 Å². The maximum atomic E-state index is 6.23. The molecule has 0 radical (unpaired) electrons. The van der Waals surface area contributed by atoms with E-state index in [4.69, 9.17) is 4.42 Å². The highest BCUT2D eigenvalue weighted by molar-refractivity contribution is 6.16. The second-order valence-corrected chi connectivity index (χ2v) is 6.98. The molecule has 0 aliphatic carbocycles. The van der Waals surface area contributed by atoms with E-state index in [-0.39, 0.29) is 0 Å². The lowest BCUT2D eigenvalue weighted by Crippen LogP contribution is -1.85. The lowest BCUT2D eigenvalue weighted by molar-refractivity contribution is 0.668. The van der Waals surface area contributed by atoms with Gasteiger partial charge in [-0.05, 0) is 42.7 Å². The molecule has 2 heteroatoms. The van der Waals surface area contributed by atoms with E-state index in [0.717, 1.165) is 17.6 Å². The van der Waals surface area contributed by atoms with Gasteiger partial charge in [-0.15, -0.1) is 0 Å². The molecule has 5 rings (SSSR count). The van der Waals surface area contributed by atoms with Crippen molar-refractivity contribution in [1.82, 2.24) is 4.57 Å². The molecule has 0 amide bonds. The third-order valence-corrected chi connectivity index (χ3v) is 5.39. The van der Waals surface area contributed by atoms with Crippen molar-refractivity contribution in [1.29, 1.82) is 0 Å². The van der Waals surface area contributed by atoms with Crippen molar-refractivity contribution in [2.75, 3.05) is 0 Å². The van der Waals surface area contributed by atoms with Crippen molar-refractivity contribution in [2.24, 2.45) is 7.05 Å². The number of para-hydroxylation sites is 1. The molecule has 0 aliphatic rings. The molecule has 3 aromatic carbocycles. The highest BCUT2D eigenvalue weighted by atomic mass is 16.3. The minimum atomic E-state index is 0.978. The number of hydrogen-bond acceptors (Lipinski definition) is 1. The Labute approximate surface area is 146 Å². The van der Waals surface area contributed by atoms with Crippen molar-refractivity contribution >= 4 is 43.7 Å². The minimum absolute atomic E-state index is 0.978. The molecule has 25 heavy (non-hydrogen) atoms. The van der Waals surface area contributed by atoms with Crippen molar-refractivity contribution < 1.29 is 4.42 Å². The van der Waals surface area contributed by atoms with Crippen molar-refractivity contribution in [3.63, 3.8) is 0 Å². The van der Waals surface area contributed by atoms with Gasteiger partial charge in [0.2, 0.25) is 0 Å². The van der Waals surface area contributed by atoms with E-state index in [0.29, 0.717) is 0 Å². The van der Waals surface area contributed by atoms with Gasteiger partial charge in [-0.1, -0.05) is 43.7 Å². The first-order valence-electron chi connectivity index (χ1n) is 9.08. The van der Waals surface area contributed by atoms with Crippen LogP contribution in [0.15, 0.2) is 59.0 Å². The van der Waals surface area contributed by atoms with Crippen LogP contribution in [0.25, 0.3) is 43.7 Å². The van der Waals surface area contributed by atoms with E-state index in [9.17, 15) is 0 Å². The molecule has 0 bridgehead atoms. The zero-order valence-corrected chi connectivity index (χ0v) is 14.7. The standard InChI is InChI=1S/C23H21NO/c1-3-4-7-15-10-11-17-19-13-21-18(14-23(19)25-22(17)12-15)16-8-5-6-9-20(16)24(21)2/h5-6,8-14H,3-4,7H2,1-2H3. The molecule has 0 N–H and O–H groups in total. The van der Waals surface area contributed by atoms with Gasteiger partial charge in [0, 0.05) is 39.6 Å². The number of aromatic nitrogens is 1. The number of nitrogens with zero attached hydrogens (tertiary/aromatic N) is 1. The van der Waals surface area contributed by atoms with E-state index < -0.39 is 0 Å². The van der Waals surface area contributed by atoms with E-state index in [1.54, 1.807) is 0 Å². The Morgan fingerprint density at radius 2 is 1.64 bits per heavy atom. The lowest BCUT2D eigenvalue weighted by Gasteiger charge is -1.99. The van der Waals surface area contributed by atoms with Crippen LogP contribution in [-0.2, 0) is 13.5 Å². The van der Waals surface area contributed by atoms with E-state index in [1.165, 1.54) is 51.0 Å². The van der Waals surface area contributed by atoms with Gasteiger partial charge in [-0.25, -0.2) is 0 Å². The normalized spacial score (nSPS) is 12.1. The first-order chi connectivity index (χ1) is 12.3. The van der Waals surface area contributed by atoms with E-state index in [1.807, 2.05) is 0 Å². The topological polar surface area (TPSA) is 18.1 Å². The number of furan rings is 1. The Kier molecular flexibility index (Phi) is 3.14. The van der Waals surface area contributed by atoms with E-state index >= 15 is 0 Å². The molecule has 0 saturated carbocycles. The zero-order valence-electron chi connectivity index (χ0n) is 14.7. The summed E-state index contributed by atoms with van der Waals surface area (Å²) in [7, 11) is 2.14. The fourth-order valence-corrected chi connectivity index (χ4v) is 4.01. The lowest BCUT2D eigenvalue weighted by atomic mass is 10.0. The van der Waals surface area contributed by atoms with Crippen molar-refractivity contribution in [3.8, 4) is 0 Å². The third-order valence-electron chi connectivity index (χ3n) is 5.39. The van der Waals surface area contributed by atoms with Gasteiger partial charge in [0.05, 0.1) is 0 Å². The van der Waals surface area contributed by atoms with Gasteiger partial charge in [-0.2, -0.15) is 0 Å². The summed E-state index contributed by atoms with van der Waals surface area (Å²) in [5, 5.41) is 4.96. The average molecular weight is 327 g/mol. The van der Waals surface area contributed by atoms with Gasteiger partial charge in [0.25, 0.3) is 0 Å². The zero-order chi connectivity index (χ0) is 17.0. The SMILES string of the molecule is CCCCc1ccc2c(c1)oc1cc3c4ccccc4n(C)c3cc12. The maximum absolute atomic E-state index is 6.23. The summed E-state index contributed by atoms with van der Waals surface area (Å²) in [5.74, 6) is 0. The van der Waals surface area contributed by atoms with E-state index in [2.05, 4.69) is 73.1 Å². The number of aryl methyl sites for hydroxylation is 2. The molecule has 0 fully saturated rings. The van der Waals surface area contributed by atoms with Crippen LogP contribution in [0, 0.1) is 0 Å². The number of benzene rings is 3. The highest BCUT2D eigenvalue weighted by Crippen LogP contribution is 2.36. The minimum Gasteiger partial charge on any atom is -0.456 e. The van der Waals surface area contributed by atoms with Crippen LogP contribution in [0.2, 0.25) is 0 Å². The van der Waals surface area contributed by atoms with Gasteiger partial charge in [0.15, 0.2) is 0 Å². The van der Waals surface area contributed by atoms with Crippen molar-refractivity contribution in [2.45, 2.75) is 26.2 Å². The Balaban J connectivity index is 1.80. The molecule has 0 unspecified atom stereocenters. The first-order valence-corrected chi connectivity index (χ1v) is 9.08. The van der Waals surface area contributed by atoms with Crippen LogP contribution >= 0.6 is 0 Å². The quantitative estimate of drug-likeness (QED) is 0.366. The fourth-order valence-electron chi connectivity index (χ4n) is 4.01. The summed E-state index contributed by atoms with van der Waals surface area (Å²) >= 11 is 0. The molecular weight excluding hydrogens is 306 g/mol. The van der Waals surface area contributed by atoms with Crippen LogP contribution in [0.3, 0.4) is 0 Å². The molecule has 0 aliphatic heterocycles. The summed E-state index contributed by atoms with van der Waals surface area (Å²) < 4.78 is 8.51. The Morgan fingerprint density at radius 1 is 0.800 bits per heavy atom. The molecular formula is C23H21NO. The molecule has 0 spiro atoms. The molecule has 2 nitrogen and oxygen atoms in total. The fraction of sp³-hybridized carbons (Fsp3) is 0.217. The molecule has 0 saturated heterocycles. The van der Waals surface area contributed by atoms with Crippen molar-refractivity contribution in [3.05, 3.63) is 60.2 Å². The van der Waals surface area contributed by atoms with Gasteiger partial charge >= 0.3 is 0 Å². The second-order valence-electron chi connectivity index (χ2n) is 6.98. The highest BCUT2D eigenvalue weighted by Gasteiger charge is 2.13. The first kappa shape index (κ1) is 14.6. The Hall–Kier alpha value is -2.74. The third kappa shape index (κ3) is 2.10. The Morgan fingerprint density at radius 3 is 2.52 bits per heavy atom. The summed E-state index contributed by atoms with van der Waals surface area (Å²) in [4.78, 5) is 0. The monoisotopic (exact) mass is 327 g/mol. The molecule has 2 heterocycles. The molecule has 0 atom stereocenters. The molecule has 5 aromatic rings.